The number of rotatable bonds is 2. The van der Waals surface area contributed by atoms with Crippen molar-refractivity contribution in [2.75, 3.05) is 5.73 Å². The van der Waals surface area contributed by atoms with E-state index in [2.05, 4.69) is 28.5 Å². The summed E-state index contributed by atoms with van der Waals surface area (Å²) in [5, 5.41) is 12.2. The van der Waals surface area contributed by atoms with Crippen molar-refractivity contribution < 1.29 is 0 Å². The maximum Gasteiger partial charge on any atom is 0.182 e. The Labute approximate surface area is 112 Å². The number of hydrogen-bond acceptors (Lipinski definition) is 4. The first-order chi connectivity index (χ1) is 9.15. The molecule has 0 aliphatic heterocycles. The third-order valence-corrected chi connectivity index (χ3v) is 4.03. The van der Waals surface area contributed by atoms with E-state index in [1.807, 2.05) is 23.7 Å². The molecule has 1 aliphatic rings. The van der Waals surface area contributed by atoms with Gasteiger partial charge >= 0.3 is 0 Å². The van der Waals surface area contributed by atoms with Gasteiger partial charge in [-0.05, 0) is 66.3 Å². The predicted octanol–water partition coefficient (Wildman–Crippen LogP) is 2.59. The Hall–Kier alpha value is -1.91. The van der Waals surface area contributed by atoms with Crippen molar-refractivity contribution in [1.82, 2.24) is 20.2 Å². The summed E-state index contributed by atoms with van der Waals surface area (Å²) >= 11 is 0. The summed E-state index contributed by atoms with van der Waals surface area (Å²) in [6.45, 7) is 4.29. The van der Waals surface area contributed by atoms with Gasteiger partial charge in [-0.3, -0.25) is 0 Å². The van der Waals surface area contributed by atoms with E-state index in [9.17, 15) is 0 Å². The van der Waals surface area contributed by atoms with Crippen LogP contribution in [0.2, 0.25) is 0 Å². The van der Waals surface area contributed by atoms with Gasteiger partial charge in [0, 0.05) is 11.3 Å². The van der Waals surface area contributed by atoms with Gasteiger partial charge in [-0.1, -0.05) is 6.92 Å². The van der Waals surface area contributed by atoms with Crippen LogP contribution >= 0.6 is 0 Å². The van der Waals surface area contributed by atoms with E-state index in [-0.39, 0.29) is 0 Å². The van der Waals surface area contributed by atoms with Crippen molar-refractivity contribution in [2.24, 2.45) is 5.92 Å². The van der Waals surface area contributed by atoms with Gasteiger partial charge < -0.3 is 5.73 Å². The van der Waals surface area contributed by atoms with Gasteiger partial charge in [0.1, 0.15) is 0 Å². The molecule has 1 aromatic carbocycles. The molecular weight excluding hydrogens is 238 g/mol. The second kappa shape index (κ2) is 4.64. The van der Waals surface area contributed by atoms with Crippen LogP contribution in [-0.2, 0) is 0 Å². The van der Waals surface area contributed by atoms with Crippen molar-refractivity contribution in [3.8, 4) is 11.4 Å². The minimum absolute atomic E-state index is 0.429. The molecule has 5 heteroatoms. The number of benzene rings is 1. The van der Waals surface area contributed by atoms with Gasteiger partial charge in [-0.2, -0.15) is 0 Å². The van der Waals surface area contributed by atoms with E-state index < -0.39 is 0 Å². The van der Waals surface area contributed by atoms with Crippen molar-refractivity contribution in [1.29, 1.82) is 0 Å². The summed E-state index contributed by atoms with van der Waals surface area (Å²) < 4.78 is 1.98. The second-order valence-corrected chi connectivity index (χ2v) is 5.59. The lowest BCUT2D eigenvalue weighted by Gasteiger charge is -2.12. The standard InChI is InChI=1S/C14H19N5/c1-9-3-5-12(7-9)19-14(16-17-18-19)11-4-6-13(15)10(2)8-11/h4,6,8-9,12H,3,5,7,15H2,1-2H3. The summed E-state index contributed by atoms with van der Waals surface area (Å²) in [4.78, 5) is 0. The van der Waals surface area contributed by atoms with Crippen LogP contribution in [0.1, 0.15) is 37.8 Å². The normalized spacial score (nSPS) is 22.8. The Morgan fingerprint density at radius 3 is 2.84 bits per heavy atom. The molecule has 19 heavy (non-hydrogen) atoms. The average molecular weight is 257 g/mol. The molecule has 3 rings (SSSR count). The van der Waals surface area contributed by atoms with Crippen LogP contribution in [0.4, 0.5) is 5.69 Å². The molecule has 1 aliphatic carbocycles. The monoisotopic (exact) mass is 257 g/mol. The summed E-state index contributed by atoms with van der Waals surface area (Å²) in [6.07, 6.45) is 3.57. The van der Waals surface area contributed by atoms with Crippen LogP contribution < -0.4 is 5.73 Å². The molecule has 1 fully saturated rings. The average Bonchev–Trinajstić information content (AvgIpc) is 3.00. The number of nitrogen functional groups attached to an aromatic ring is 1. The number of tetrazole rings is 1. The topological polar surface area (TPSA) is 69.6 Å². The Balaban J connectivity index is 1.97. The molecule has 0 spiro atoms. The maximum atomic E-state index is 5.86. The highest BCUT2D eigenvalue weighted by Crippen LogP contribution is 2.35. The Morgan fingerprint density at radius 2 is 2.16 bits per heavy atom. The van der Waals surface area contributed by atoms with E-state index in [1.165, 1.54) is 6.42 Å². The minimum Gasteiger partial charge on any atom is -0.399 e. The quantitative estimate of drug-likeness (QED) is 0.839. The maximum absolute atomic E-state index is 5.86. The van der Waals surface area contributed by atoms with E-state index in [0.29, 0.717) is 6.04 Å². The lowest BCUT2D eigenvalue weighted by atomic mass is 10.1. The number of nitrogens with two attached hydrogens (primary N) is 1. The fourth-order valence-electron chi connectivity index (χ4n) is 2.84. The first-order valence-corrected chi connectivity index (χ1v) is 6.79. The lowest BCUT2D eigenvalue weighted by Crippen LogP contribution is -2.09. The number of aromatic nitrogens is 4. The van der Waals surface area contributed by atoms with Crippen molar-refractivity contribution in [2.45, 2.75) is 39.2 Å². The molecule has 5 nitrogen and oxygen atoms in total. The summed E-state index contributed by atoms with van der Waals surface area (Å²) in [5.74, 6) is 1.61. The highest BCUT2D eigenvalue weighted by molar-refractivity contribution is 5.61. The number of aryl methyl sites for hydroxylation is 1. The zero-order valence-electron chi connectivity index (χ0n) is 11.4. The molecule has 0 saturated heterocycles. The fraction of sp³-hybridized carbons (Fsp3) is 0.500. The fourth-order valence-corrected chi connectivity index (χ4v) is 2.84. The van der Waals surface area contributed by atoms with E-state index >= 15 is 0 Å². The van der Waals surface area contributed by atoms with Crippen LogP contribution in [-0.4, -0.2) is 20.2 Å². The van der Waals surface area contributed by atoms with Gasteiger partial charge in [0.25, 0.3) is 0 Å². The minimum atomic E-state index is 0.429. The molecule has 100 valence electrons. The number of nitrogens with zero attached hydrogens (tertiary/aromatic N) is 4. The third kappa shape index (κ3) is 2.20. The van der Waals surface area contributed by atoms with Gasteiger partial charge in [0.05, 0.1) is 6.04 Å². The molecule has 0 radical (unpaired) electrons. The summed E-state index contributed by atoms with van der Waals surface area (Å²) in [5.41, 5.74) is 8.77. The van der Waals surface area contributed by atoms with Crippen molar-refractivity contribution in [3.63, 3.8) is 0 Å². The Kier molecular flexibility index (Phi) is 2.97. The molecule has 0 amide bonds. The molecular formula is C14H19N5. The lowest BCUT2D eigenvalue weighted by molar-refractivity contribution is 0.443. The number of hydrogen-bond donors (Lipinski definition) is 1. The van der Waals surface area contributed by atoms with Crippen molar-refractivity contribution in [3.05, 3.63) is 23.8 Å². The molecule has 2 N–H and O–H groups in total. The summed E-state index contributed by atoms with van der Waals surface area (Å²) in [6, 6.07) is 6.39. The van der Waals surface area contributed by atoms with Gasteiger partial charge in [0.2, 0.25) is 0 Å². The van der Waals surface area contributed by atoms with Crippen LogP contribution in [0.5, 0.6) is 0 Å². The van der Waals surface area contributed by atoms with E-state index in [0.717, 1.165) is 41.4 Å². The molecule has 0 bridgehead atoms. The molecule has 1 aromatic heterocycles. The number of anilines is 1. The first-order valence-electron chi connectivity index (χ1n) is 6.79. The predicted molar refractivity (Wildman–Crippen MR) is 74.5 cm³/mol. The largest absolute Gasteiger partial charge is 0.399 e. The Morgan fingerprint density at radius 1 is 1.32 bits per heavy atom. The molecule has 2 unspecified atom stereocenters. The Bertz CT molecular complexity index is 589. The van der Waals surface area contributed by atoms with Gasteiger partial charge in [-0.25, -0.2) is 4.68 Å². The SMILES string of the molecule is Cc1cc(-c2nnnn2C2CCC(C)C2)ccc1N. The zero-order chi connectivity index (χ0) is 13.4. The van der Waals surface area contributed by atoms with Gasteiger partial charge in [-0.15, -0.1) is 5.10 Å². The van der Waals surface area contributed by atoms with Crippen molar-refractivity contribution >= 4 is 5.69 Å². The zero-order valence-corrected chi connectivity index (χ0v) is 11.4. The molecule has 1 heterocycles. The van der Waals surface area contributed by atoms with E-state index in [1.54, 1.807) is 0 Å². The summed E-state index contributed by atoms with van der Waals surface area (Å²) in [7, 11) is 0. The van der Waals surface area contributed by atoms with Crippen LogP contribution in [0, 0.1) is 12.8 Å². The molecule has 2 atom stereocenters. The van der Waals surface area contributed by atoms with Crippen LogP contribution in [0.15, 0.2) is 18.2 Å². The third-order valence-electron chi connectivity index (χ3n) is 4.03. The van der Waals surface area contributed by atoms with Gasteiger partial charge in [0.15, 0.2) is 5.82 Å². The van der Waals surface area contributed by atoms with Crippen LogP contribution in [0.3, 0.4) is 0 Å². The first kappa shape index (κ1) is 12.1. The smallest absolute Gasteiger partial charge is 0.182 e. The van der Waals surface area contributed by atoms with Crippen LogP contribution in [0.25, 0.3) is 11.4 Å². The second-order valence-electron chi connectivity index (χ2n) is 5.59. The highest BCUT2D eigenvalue weighted by atomic mass is 15.5. The molecule has 1 saturated carbocycles. The highest BCUT2D eigenvalue weighted by Gasteiger charge is 2.26. The molecule has 2 aromatic rings. The van der Waals surface area contributed by atoms with E-state index in [4.69, 9.17) is 5.73 Å².